The van der Waals surface area contributed by atoms with E-state index in [-0.39, 0.29) is 23.8 Å². The Labute approximate surface area is 134 Å². The molecule has 5 heteroatoms. The summed E-state index contributed by atoms with van der Waals surface area (Å²) in [5.74, 6) is 0.811. The molecule has 1 aliphatic heterocycles. The largest absolute Gasteiger partial charge is 0.354 e. The van der Waals surface area contributed by atoms with Crippen molar-refractivity contribution >= 4 is 11.8 Å². The van der Waals surface area contributed by atoms with Gasteiger partial charge in [-0.1, -0.05) is 13.8 Å². The predicted molar refractivity (Wildman–Crippen MR) is 87.4 cm³/mol. The van der Waals surface area contributed by atoms with E-state index in [1.165, 1.54) is 12.8 Å². The quantitative estimate of drug-likeness (QED) is 0.782. The molecule has 0 aromatic rings. The first-order valence-corrected chi connectivity index (χ1v) is 8.81. The van der Waals surface area contributed by atoms with E-state index in [9.17, 15) is 9.59 Å². The van der Waals surface area contributed by atoms with Crippen molar-refractivity contribution in [1.82, 2.24) is 15.5 Å². The summed E-state index contributed by atoms with van der Waals surface area (Å²) in [6, 6.07) is 0.629. The Morgan fingerprint density at radius 1 is 1.32 bits per heavy atom. The summed E-state index contributed by atoms with van der Waals surface area (Å²) >= 11 is 0. The number of rotatable bonds is 6. The fourth-order valence-electron chi connectivity index (χ4n) is 3.63. The van der Waals surface area contributed by atoms with Crippen LogP contribution >= 0.6 is 0 Å². The van der Waals surface area contributed by atoms with Gasteiger partial charge in [0.1, 0.15) is 0 Å². The van der Waals surface area contributed by atoms with Gasteiger partial charge < -0.3 is 15.5 Å². The maximum absolute atomic E-state index is 12.3. The average Bonchev–Trinajstić information content (AvgIpc) is 2.88. The van der Waals surface area contributed by atoms with E-state index in [1.54, 1.807) is 0 Å². The minimum absolute atomic E-state index is 0.0322. The Bertz CT molecular complexity index is 391. The molecule has 126 valence electrons. The first kappa shape index (κ1) is 17.3. The predicted octanol–water partition coefficient (Wildman–Crippen LogP) is 1.53. The molecule has 1 heterocycles. The Balaban J connectivity index is 1.80. The number of nitrogens with zero attached hydrogens (tertiary/aromatic N) is 1. The van der Waals surface area contributed by atoms with E-state index < -0.39 is 0 Å². The highest BCUT2D eigenvalue weighted by Gasteiger charge is 2.38. The number of likely N-dealkylation sites (N-methyl/N-ethyl adjacent to an activating group) is 1. The maximum Gasteiger partial charge on any atom is 0.225 e. The van der Waals surface area contributed by atoms with Crippen LogP contribution in [0.5, 0.6) is 0 Å². The van der Waals surface area contributed by atoms with Gasteiger partial charge >= 0.3 is 0 Å². The summed E-state index contributed by atoms with van der Waals surface area (Å²) in [5.41, 5.74) is 0. The molecule has 2 fully saturated rings. The zero-order chi connectivity index (χ0) is 16.1. The third-order valence-electron chi connectivity index (χ3n) is 5.09. The second-order valence-corrected chi connectivity index (χ2v) is 7.06. The van der Waals surface area contributed by atoms with E-state index in [4.69, 9.17) is 0 Å². The van der Waals surface area contributed by atoms with Gasteiger partial charge in [0.05, 0.1) is 5.92 Å². The summed E-state index contributed by atoms with van der Waals surface area (Å²) < 4.78 is 0. The average molecular weight is 309 g/mol. The normalized spacial score (nSPS) is 30.4. The van der Waals surface area contributed by atoms with Gasteiger partial charge in [-0.25, -0.2) is 0 Å². The van der Waals surface area contributed by atoms with Gasteiger partial charge in [-0.3, -0.25) is 9.59 Å². The van der Waals surface area contributed by atoms with E-state index >= 15 is 0 Å². The van der Waals surface area contributed by atoms with E-state index in [0.717, 1.165) is 25.3 Å². The molecule has 2 N–H and O–H groups in total. The summed E-state index contributed by atoms with van der Waals surface area (Å²) in [6.45, 7) is 8.52. The topological polar surface area (TPSA) is 61.4 Å². The summed E-state index contributed by atoms with van der Waals surface area (Å²) in [7, 11) is 0. The third-order valence-corrected chi connectivity index (χ3v) is 5.09. The highest BCUT2D eigenvalue weighted by Crippen LogP contribution is 2.31. The lowest BCUT2D eigenvalue weighted by molar-refractivity contribution is -0.130. The number of carbonyl (C=O) groups excluding carboxylic acids is 2. The molecule has 0 bridgehead atoms. The van der Waals surface area contributed by atoms with Crippen LogP contribution in [0.1, 0.15) is 52.9 Å². The van der Waals surface area contributed by atoms with Crippen molar-refractivity contribution in [2.24, 2.45) is 11.8 Å². The van der Waals surface area contributed by atoms with Crippen LogP contribution in [0.3, 0.4) is 0 Å². The van der Waals surface area contributed by atoms with Crippen LogP contribution in [0.15, 0.2) is 0 Å². The minimum atomic E-state index is -0.166. The Morgan fingerprint density at radius 2 is 2.00 bits per heavy atom. The number of hydrogen-bond acceptors (Lipinski definition) is 3. The van der Waals surface area contributed by atoms with Crippen LogP contribution < -0.4 is 10.6 Å². The Morgan fingerprint density at radius 3 is 2.64 bits per heavy atom. The SMILES string of the molecule is CCN[C@H](C)CNC(=O)C1CC(=O)N(C2CCC(C)CC2)C1. The molecule has 0 aromatic heterocycles. The van der Waals surface area contributed by atoms with Crippen molar-refractivity contribution in [3.05, 3.63) is 0 Å². The highest BCUT2D eigenvalue weighted by atomic mass is 16.2. The maximum atomic E-state index is 12.3. The molecule has 1 saturated heterocycles. The van der Waals surface area contributed by atoms with Crippen molar-refractivity contribution in [2.45, 2.75) is 65.0 Å². The van der Waals surface area contributed by atoms with Crippen molar-refractivity contribution in [3.8, 4) is 0 Å². The molecule has 2 aliphatic rings. The van der Waals surface area contributed by atoms with Crippen LogP contribution in [0.2, 0.25) is 0 Å². The molecule has 0 aromatic carbocycles. The van der Waals surface area contributed by atoms with Gasteiger partial charge in [0, 0.05) is 31.6 Å². The number of hydrogen-bond donors (Lipinski definition) is 2. The second-order valence-electron chi connectivity index (χ2n) is 7.06. The fraction of sp³-hybridized carbons (Fsp3) is 0.882. The lowest BCUT2D eigenvalue weighted by atomic mass is 9.87. The van der Waals surface area contributed by atoms with Gasteiger partial charge in [-0.2, -0.15) is 0 Å². The lowest BCUT2D eigenvalue weighted by Gasteiger charge is -2.33. The molecular formula is C17H31N3O2. The molecule has 0 radical (unpaired) electrons. The zero-order valence-corrected chi connectivity index (χ0v) is 14.2. The molecule has 5 nitrogen and oxygen atoms in total. The summed E-state index contributed by atoms with van der Waals surface area (Å²) in [4.78, 5) is 26.5. The first-order valence-electron chi connectivity index (χ1n) is 8.81. The summed E-state index contributed by atoms with van der Waals surface area (Å²) in [5, 5.41) is 6.25. The fourth-order valence-corrected chi connectivity index (χ4v) is 3.63. The molecule has 2 rings (SSSR count). The van der Waals surface area contributed by atoms with E-state index in [2.05, 4.69) is 31.4 Å². The third kappa shape index (κ3) is 4.45. The molecule has 0 spiro atoms. The van der Waals surface area contributed by atoms with E-state index in [1.807, 2.05) is 4.90 Å². The molecule has 2 amide bonds. The van der Waals surface area contributed by atoms with Crippen LogP contribution in [-0.2, 0) is 9.59 Å². The molecule has 1 aliphatic carbocycles. The Kier molecular flexibility index (Phi) is 6.24. The number of amides is 2. The zero-order valence-electron chi connectivity index (χ0n) is 14.2. The van der Waals surface area contributed by atoms with Gasteiger partial charge in [0.25, 0.3) is 0 Å². The van der Waals surface area contributed by atoms with Crippen LogP contribution in [0, 0.1) is 11.8 Å². The van der Waals surface area contributed by atoms with Gasteiger partial charge in [0.15, 0.2) is 0 Å². The van der Waals surface area contributed by atoms with Crippen molar-refractivity contribution in [3.63, 3.8) is 0 Å². The second kappa shape index (κ2) is 7.95. The van der Waals surface area contributed by atoms with E-state index in [0.29, 0.717) is 25.6 Å². The monoisotopic (exact) mass is 309 g/mol. The van der Waals surface area contributed by atoms with Crippen molar-refractivity contribution in [2.75, 3.05) is 19.6 Å². The highest BCUT2D eigenvalue weighted by molar-refractivity contribution is 5.89. The Hall–Kier alpha value is -1.10. The number of nitrogens with one attached hydrogen (secondary N) is 2. The molecule has 1 unspecified atom stereocenters. The smallest absolute Gasteiger partial charge is 0.225 e. The summed E-state index contributed by atoms with van der Waals surface area (Å²) in [6.07, 6.45) is 4.97. The standard InChI is InChI=1S/C17H31N3O2/c1-4-18-13(3)10-19-17(22)14-9-16(21)20(11-14)15-7-5-12(2)6-8-15/h12-15,18H,4-11H2,1-3H3,(H,19,22)/t12?,13-,14?,15?/m1/s1. The van der Waals surface area contributed by atoms with Crippen LogP contribution in [0.4, 0.5) is 0 Å². The van der Waals surface area contributed by atoms with Crippen LogP contribution in [0.25, 0.3) is 0 Å². The van der Waals surface area contributed by atoms with Crippen LogP contribution in [-0.4, -0.2) is 48.4 Å². The first-order chi connectivity index (χ1) is 10.5. The van der Waals surface area contributed by atoms with Crippen molar-refractivity contribution < 1.29 is 9.59 Å². The number of carbonyl (C=O) groups is 2. The number of likely N-dealkylation sites (tertiary alicyclic amines) is 1. The van der Waals surface area contributed by atoms with Crippen molar-refractivity contribution in [1.29, 1.82) is 0 Å². The molecule has 2 atom stereocenters. The molecular weight excluding hydrogens is 278 g/mol. The van der Waals surface area contributed by atoms with Gasteiger partial charge in [-0.05, 0) is 45.1 Å². The van der Waals surface area contributed by atoms with Gasteiger partial charge in [-0.15, -0.1) is 0 Å². The minimum Gasteiger partial charge on any atom is -0.354 e. The van der Waals surface area contributed by atoms with Gasteiger partial charge in [0.2, 0.25) is 11.8 Å². The molecule has 1 saturated carbocycles. The lowest BCUT2D eigenvalue weighted by Crippen LogP contribution is -2.42. The molecule has 22 heavy (non-hydrogen) atoms.